The van der Waals surface area contributed by atoms with E-state index in [-0.39, 0.29) is 5.69 Å². The first-order chi connectivity index (χ1) is 8.01. The van der Waals surface area contributed by atoms with E-state index in [0.717, 1.165) is 0 Å². The molecule has 0 fully saturated rings. The highest BCUT2D eigenvalue weighted by atomic mass is 32.1. The van der Waals surface area contributed by atoms with Crippen molar-refractivity contribution in [2.75, 3.05) is 18.0 Å². The Labute approximate surface area is 104 Å². The zero-order valence-electron chi connectivity index (χ0n) is 9.71. The Kier molecular flexibility index (Phi) is 4.49. The topological polar surface area (TPSA) is 66.6 Å². The lowest BCUT2D eigenvalue weighted by Crippen LogP contribution is -2.22. The zero-order valence-corrected chi connectivity index (χ0v) is 10.5. The molecule has 0 aliphatic heterocycles. The summed E-state index contributed by atoms with van der Waals surface area (Å²) >= 11 is 1.21. The lowest BCUT2D eigenvalue weighted by molar-refractivity contribution is -0.383. The number of nitro groups is 1. The van der Waals surface area contributed by atoms with Gasteiger partial charge < -0.3 is 10.0 Å². The maximum atomic E-state index is 10.9. The molecule has 0 spiro atoms. The molecule has 0 unspecified atom stereocenters. The second kappa shape index (κ2) is 5.66. The predicted octanol–water partition coefficient (Wildman–Crippen LogP) is 2.17. The summed E-state index contributed by atoms with van der Waals surface area (Å²) in [6.07, 6.45) is 4.52. The Morgan fingerprint density at radius 3 is 2.82 bits per heavy atom. The van der Waals surface area contributed by atoms with E-state index >= 15 is 0 Å². The molecule has 92 valence electrons. The van der Waals surface area contributed by atoms with Crippen LogP contribution in [0.25, 0.3) is 0 Å². The summed E-state index contributed by atoms with van der Waals surface area (Å²) < 4.78 is 0. The van der Waals surface area contributed by atoms with Crippen LogP contribution in [-0.2, 0) is 0 Å². The number of rotatable bonds is 5. The molecule has 5 nitrogen and oxygen atoms in total. The normalized spacial score (nSPS) is 11.9. The van der Waals surface area contributed by atoms with Gasteiger partial charge >= 0.3 is 5.69 Å². The van der Waals surface area contributed by atoms with Crippen LogP contribution in [0.5, 0.6) is 0 Å². The molecule has 0 aliphatic carbocycles. The van der Waals surface area contributed by atoms with Crippen LogP contribution in [-0.4, -0.2) is 23.1 Å². The average Bonchev–Trinajstić information content (AvgIpc) is 2.70. The molecule has 0 aromatic carbocycles. The van der Waals surface area contributed by atoms with Gasteiger partial charge in [0.25, 0.3) is 0 Å². The Morgan fingerprint density at radius 2 is 2.41 bits per heavy atom. The quantitative estimate of drug-likeness (QED) is 0.497. The fourth-order valence-corrected chi connectivity index (χ4v) is 2.52. The van der Waals surface area contributed by atoms with Crippen LogP contribution in [0.3, 0.4) is 0 Å². The minimum absolute atomic E-state index is 0.00278. The van der Waals surface area contributed by atoms with Gasteiger partial charge in [-0.1, -0.05) is 5.92 Å². The van der Waals surface area contributed by atoms with Crippen LogP contribution in [0, 0.1) is 22.5 Å². The first-order valence-corrected chi connectivity index (χ1v) is 5.97. The maximum absolute atomic E-state index is 10.9. The first kappa shape index (κ1) is 13.5. The van der Waals surface area contributed by atoms with Crippen molar-refractivity contribution >= 4 is 22.0 Å². The summed E-state index contributed by atoms with van der Waals surface area (Å²) in [5, 5.41) is 20.9. The molecule has 0 radical (unpaired) electrons. The van der Waals surface area contributed by atoms with Gasteiger partial charge in [-0.3, -0.25) is 10.1 Å². The second-order valence-electron chi connectivity index (χ2n) is 3.49. The summed E-state index contributed by atoms with van der Waals surface area (Å²) in [4.78, 5) is 12.8. The number of anilines is 1. The molecule has 1 heterocycles. The van der Waals surface area contributed by atoms with Crippen molar-refractivity contribution in [3.8, 4) is 12.3 Å². The van der Waals surface area contributed by atoms with E-state index in [2.05, 4.69) is 5.92 Å². The van der Waals surface area contributed by atoms with Crippen molar-refractivity contribution in [3.05, 3.63) is 21.1 Å². The standard InChI is InChI=1S/C11H14N2O3S/c1-4-6-12(5-2)11-9(13(15)16)7-10(17-11)8(3)14/h1,7-8,14H,5-6H2,2-3H3/t8-/m1/s1. The van der Waals surface area contributed by atoms with Gasteiger partial charge in [0.2, 0.25) is 0 Å². The van der Waals surface area contributed by atoms with Crippen molar-refractivity contribution in [2.24, 2.45) is 0 Å². The third kappa shape index (κ3) is 2.96. The van der Waals surface area contributed by atoms with Crippen LogP contribution in [0.1, 0.15) is 24.8 Å². The molecule has 1 atom stereocenters. The number of nitrogens with zero attached hydrogens (tertiary/aromatic N) is 2. The first-order valence-electron chi connectivity index (χ1n) is 5.15. The fraction of sp³-hybridized carbons (Fsp3) is 0.455. The predicted molar refractivity (Wildman–Crippen MR) is 68.3 cm³/mol. The molecule has 0 saturated heterocycles. The van der Waals surface area contributed by atoms with E-state index in [9.17, 15) is 15.2 Å². The van der Waals surface area contributed by atoms with Crippen molar-refractivity contribution < 1.29 is 10.0 Å². The summed E-state index contributed by atoms with van der Waals surface area (Å²) in [5.41, 5.74) is 0.00278. The van der Waals surface area contributed by atoms with Gasteiger partial charge in [-0.15, -0.1) is 17.8 Å². The van der Waals surface area contributed by atoms with Gasteiger partial charge in [0.15, 0.2) is 5.00 Å². The Balaban J connectivity index is 3.20. The number of aliphatic hydroxyl groups is 1. The van der Waals surface area contributed by atoms with Crippen molar-refractivity contribution in [2.45, 2.75) is 20.0 Å². The molecule has 1 N–H and O–H groups in total. The molecule has 0 aliphatic rings. The van der Waals surface area contributed by atoms with Crippen molar-refractivity contribution in [1.82, 2.24) is 0 Å². The molecular weight excluding hydrogens is 240 g/mol. The van der Waals surface area contributed by atoms with Gasteiger partial charge in [0.05, 0.1) is 17.6 Å². The van der Waals surface area contributed by atoms with E-state index in [1.165, 1.54) is 17.4 Å². The molecule has 1 rings (SSSR count). The van der Waals surface area contributed by atoms with Gasteiger partial charge in [-0.2, -0.15) is 0 Å². The third-order valence-electron chi connectivity index (χ3n) is 2.27. The number of aliphatic hydroxyl groups excluding tert-OH is 1. The second-order valence-corrected chi connectivity index (χ2v) is 4.55. The summed E-state index contributed by atoms with van der Waals surface area (Å²) in [7, 11) is 0. The number of terminal acetylenes is 1. The third-order valence-corrected chi connectivity index (χ3v) is 3.63. The monoisotopic (exact) mass is 254 g/mol. The molecule has 0 saturated carbocycles. The maximum Gasteiger partial charge on any atom is 0.304 e. The largest absolute Gasteiger partial charge is 0.388 e. The van der Waals surface area contributed by atoms with Crippen LogP contribution in [0.4, 0.5) is 10.7 Å². The summed E-state index contributed by atoms with van der Waals surface area (Å²) in [6.45, 7) is 4.36. The molecule has 0 bridgehead atoms. The van der Waals surface area contributed by atoms with E-state index in [4.69, 9.17) is 6.42 Å². The van der Waals surface area contributed by atoms with Gasteiger partial charge in [0.1, 0.15) is 0 Å². The highest BCUT2D eigenvalue weighted by molar-refractivity contribution is 7.16. The van der Waals surface area contributed by atoms with Gasteiger partial charge in [-0.05, 0) is 13.8 Å². The minimum Gasteiger partial charge on any atom is -0.388 e. The smallest absolute Gasteiger partial charge is 0.304 e. The minimum atomic E-state index is -0.711. The van der Waals surface area contributed by atoms with E-state index in [0.29, 0.717) is 23.0 Å². The van der Waals surface area contributed by atoms with Crippen LogP contribution in [0.2, 0.25) is 0 Å². The molecule has 1 aromatic heterocycles. The lowest BCUT2D eigenvalue weighted by atomic mass is 10.3. The molecule has 0 amide bonds. The summed E-state index contributed by atoms with van der Waals surface area (Å²) in [6, 6.07) is 1.41. The Hall–Kier alpha value is -1.58. The number of hydrogen-bond acceptors (Lipinski definition) is 5. The fourth-order valence-electron chi connectivity index (χ4n) is 1.39. The SMILES string of the molecule is C#CCN(CC)c1sc([C@@H](C)O)cc1[N+](=O)[O-]. The average molecular weight is 254 g/mol. The molecule has 17 heavy (non-hydrogen) atoms. The van der Waals surface area contributed by atoms with Crippen LogP contribution < -0.4 is 4.90 Å². The van der Waals surface area contributed by atoms with Crippen LogP contribution >= 0.6 is 11.3 Å². The van der Waals surface area contributed by atoms with Crippen LogP contribution in [0.15, 0.2) is 6.07 Å². The van der Waals surface area contributed by atoms with E-state index < -0.39 is 11.0 Å². The van der Waals surface area contributed by atoms with Crippen molar-refractivity contribution in [1.29, 1.82) is 0 Å². The lowest BCUT2D eigenvalue weighted by Gasteiger charge is -2.17. The van der Waals surface area contributed by atoms with Gasteiger partial charge in [0, 0.05) is 17.5 Å². The Bertz CT molecular complexity index is 448. The summed E-state index contributed by atoms with van der Waals surface area (Å²) in [5.74, 6) is 2.47. The molecule has 6 heteroatoms. The van der Waals surface area contributed by atoms with E-state index in [1.807, 2.05) is 6.92 Å². The highest BCUT2D eigenvalue weighted by Gasteiger charge is 2.24. The van der Waals surface area contributed by atoms with E-state index in [1.54, 1.807) is 11.8 Å². The molecule has 1 aromatic rings. The Morgan fingerprint density at radius 1 is 1.76 bits per heavy atom. The molecular formula is C11H14N2O3S. The highest BCUT2D eigenvalue weighted by Crippen LogP contribution is 2.39. The zero-order chi connectivity index (χ0) is 13.0. The number of thiophene rings is 1. The van der Waals surface area contributed by atoms with Gasteiger partial charge in [-0.25, -0.2) is 0 Å². The number of hydrogen-bond donors (Lipinski definition) is 1. The van der Waals surface area contributed by atoms with Crippen molar-refractivity contribution in [3.63, 3.8) is 0 Å².